The minimum atomic E-state index is -2.57. The minimum absolute atomic E-state index is 0.00900. The first-order valence-corrected chi connectivity index (χ1v) is 22.6. The Labute approximate surface area is 336 Å². The highest BCUT2D eigenvalue weighted by atomic mass is 28.4. The van der Waals surface area contributed by atoms with E-state index < -0.39 is 8.32 Å². The third kappa shape index (κ3) is 9.46. The predicted octanol–water partition coefficient (Wildman–Crippen LogP) is 9.20. The van der Waals surface area contributed by atoms with E-state index in [0.29, 0.717) is 18.1 Å². The standard InChI is InChI=1S/C46H55N3O3Si.C2H7N/c1-35-43(50-32-38-19-17-37(31-47)18-20-38)24-22-41-42(48-52-44(35)41)23-21-36-25-29-49(30-26-36)33-46(27-11-12-28-46)34-51-53(45(2,3)4,39-13-7-5-8-14-39)40-15-9-6-10-16-40;1-3-2/h5-10,13-20,22,24,36H,11-12,21,23,25-30,32-34H2,1-4H3;3H,1-2H3. The molecule has 1 N–H and O–H groups in total. The van der Waals surface area contributed by atoms with Gasteiger partial charge in [-0.2, -0.15) is 5.26 Å². The Morgan fingerprint density at radius 3 is 2.07 bits per heavy atom. The van der Waals surface area contributed by atoms with Gasteiger partial charge in [-0.1, -0.05) is 112 Å². The van der Waals surface area contributed by atoms with Crippen LogP contribution < -0.4 is 20.4 Å². The number of nitrogens with one attached hydrogen (secondary N) is 1. The highest BCUT2D eigenvalue weighted by Gasteiger charge is 2.52. The summed E-state index contributed by atoms with van der Waals surface area (Å²) in [6.45, 7) is 13.9. The van der Waals surface area contributed by atoms with Gasteiger partial charge in [-0.3, -0.25) is 0 Å². The Morgan fingerprint density at radius 1 is 0.893 bits per heavy atom. The van der Waals surface area contributed by atoms with Crippen LogP contribution in [0.25, 0.3) is 11.0 Å². The van der Waals surface area contributed by atoms with Crippen molar-refractivity contribution in [1.82, 2.24) is 15.4 Å². The normalized spacial score (nSPS) is 16.3. The molecule has 1 saturated heterocycles. The predicted molar refractivity (Wildman–Crippen MR) is 231 cm³/mol. The molecule has 0 unspecified atom stereocenters. The van der Waals surface area contributed by atoms with Gasteiger partial charge in [0.25, 0.3) is 8.32 Å². The van der Waals surface area contributed by atoms with Crippen molar-refractivity contribution in [2.75, 3.05) is 40.3 Å². The van der Waals surface area contributed by atoms with Crippen LogP contribution in [-0.4, -0.2) is 58.7 Å². The highest BCUT2D eigenvalue weighted by molar-refractivity contribution is 6.99. The summed E-state index contributed by atoms with van der Waals surface area (Å²) < 4.78 is 19.6. The number of fused-ring (bicyclic) bond motifs is 1. The first-order valence-electron chi connectivity index (χ1n) is 20.7. The lowest BCUT2D eigenvalue weighted by atomic mass is 9.84. The molecule has 2 fully saturated rings. The maximum Gasteiger partial charge on any atom is 0.261 e. The molecule has 56 heavy (non-hydrogen) atoms. The molecule has 7 rings (SSSR count). The van der Waals surface area contributed by atoms with Crippen LogP contribution in [0.1, 0.15) is 88.1 Å². The topological polar surface area (TPSA) is 83.5 Å². The van der Waals surface area contributed by atoms with Crippen LogP contribution in [0.3, 0.4) is 0 Å². The van der Waals surface area contributed by atoms with Gasteiger partial charge in [0, 0.05) is 29.5 Å². The molecule has 4 aromatic carbocycles. The Hall–Kier alpha value is -4.26. The second-order valence-electron chi connectivity index (χ2n) is 17.2. The first-order chi connectivity index (χ1) is 27.1. The number of aromatic nitrogens is 1. The van der Waals surface area contributed by atoms with Gasteiger partial charge in [0.15, 0.2) is 5.58 Å². The van der Waals surface area contributed by atoms with E-state index in [9.17, 15) is 0 Å². The fourth-order valence-electron chi connectivity index (χ4n) is 9.09. The summed E-state index contributed by atoms with van der Waals surface area (Å²) >= 11 is 0. The molecule has 2 aliphatic rings. The summed E-state index contributed by atoms with van der Waals surface area (Å²) in [6.07, 6.45) is 9.64. The monoisotopic (exact) mass is 770 g/mol. The van der Waals surface area contributed by atoms with Crippen molar-refractivity contribution in [2.24, 2.45) is 11.3 Å². The number of ether oxygens (including phenoxy) is 1. The molecule has 1 aliphatic heterocycles. The van der Waals surface area contributed by atoms with E-state index in [1.54, 1.807) is 0 Å². The fourth-order valence-corrected chi connectivity index (χ4v) is 13.8. The van der Waals surface area contributed by atoms with Crippen LogP contribution in [0.4, 0.5) is 0 Å². The molecular weight excluding hydrogens is 709 g/mol. The summed E-state index contributed by atoms with van der Waals surface area (Å²) in [5.74, 6) is 1.50. The Balaban J connectivity index is 0.00000172. The Kier molecular flexibility index (Phi) is 13.9. The highest BCUT2D eigenvalue weighted by Crippen LogP contribution is 2.44. The zero-order valence-electron chi connectivity index (χ0n) is 34.6. The number of aryl methyl sites for hydroxylation is 2. The zero-order chi connectivity index (χ0) is 39.6. The summed E-state index contributed by atoms with van der Waals surface area (Å²) in [5, 5.41) is 20.2. The summed E-state index contributed by atoms with van der Waals surface area (Å²) in [4.78, 5) is 2.75. The van der Waals surface area contributed by atoms with E-state index in [4.69, 9.17) is 18.9 Å². The molecule has 7 nitrogen and oxygen atoms in total. The average molecular weight is 771 g/mol. The number of nitrogens with zero attached hydrogens (tertiary/aromatic N) is 3. The molecule has 0 amide bonds. The molecule has 5 aromatic rings. The van der Waals surface area contributed by atoms with Crippen LogP contribution in [0.2, 0.25) is 5.04 Å². The van der Waals surface area contributed by atoms with Gasteiger partial charge in [-0.25, -0.2) is 0 Å². The van der Waals surface area contributed by atoms with Crippen molar-refractivity contribution in [1.29, 1.82) is 5.26 Å². The quantitative estimate of drug-likeness (QED) is 0.120. The van der Waals surface area contributed by atoms with Crippen LogP contribution in [0.15, 0.2) is 102 Å². The van der Waals surface area contributed by atoms with Gasteiger partial charge in [0.1, 0.15) is 12.4 Å². The average Bonchev–Trinajstić information content (AvgIpc) is 3.86. The number of nitriles is 1. The molecule has 1 saturated carbocycles. The van der Waals surface area contributed by atoms with Crippen molar-refractivity contribution < 1.29 is 13.7 Å². The number of benzene rings is 4. The van der Waals surface area contributed by atoms with Crippen LogP contribution >= 0.6 is 0 Å². The number of hydrogen-bond donors (Lipinski definition) is 1. The lowest BCUT2D eigenvalue weighted by Crippen LogP contribution is -2.67. The number of likely N-dealkylation sites (tertiary alicyclic amines) is 1. The Bertz CT molecular complexity index is 1960. The third-order valence-electron chi connectivity index (χ3n) is 12.1. The zero-order valence-corrected chi connectivity index (χ0v) is 35.6. The molecule has 8 heteroatoms. The first kappa shape index (κ1) is 41.4. The smallest absolute Gasteiger partial charge is 0.261 e. The van der Waals surface area contributed by atoms with Crippen LogP contribution in [0, 0.1) is 29.6 Å². The second-order valence-corrected chi connectivity index (χ2v) is 21.5. The van der Waals surface area contributed by atoms with Gasteiger partial charge in [-0.15, -0.1) is 0 Å². The lowest BCUT2D eigenvalue weighted by molar-refractivity contribution is 0.0657. The number of piperidine rings is 1. The molecule has 0 radical (unpaired) electrons. The molecular formula is C48H62N4O3Si. The Morgan fingerprint density at radius 2 is 1.50 bits per heavy atom. The van der Waals surface area contributed by atoms with Crippen LogP contribution in [0.5, 0.6) is 5.75 Å². The second kappa shape index (κ2) is 18.8. The van der Waals surface area contributed by atoms with Gasteiger partial charge >= 0.3 is 0 Å². The van der Waals surface area contributed by atoms with Gasteiger partial charge < -0.3 is 23.9 Å². The van der Waals surface area contributed by atoms with E-state index in [1.165, 1.54) is 48.9 Å². The molecule has 0 spiro atoms. The van der Waals surface area contributed by atoms with E-state index in [1.807, 2.05) is 51.4 Å². The van der Waals surface area contributed by atoms with Crippen molar-refractivity contribution in [3.05, 3.63) is 119 Å². The summed E-state index contributed by atoms with van der Waals surface area (Å²) in [6, 6.07) is 36.0. The summed E-state index contributed by atoms with van der Waals surface area (Å²) in [7, 11) is 1.18. The lowest BCUT2D eigenvalue weighted by Gasteiger charge is -2.46. The molecule has 2 heterocycles. The van der Waals surface area contributed by atoms with E-state index in [2.05, 4.69) is 109 Å². The van der Waals surface area contributed by atoms with Crippen molar-refractivity contribution in [2.45, 2.75) is 90.7 Å². The molecule has 296 valence electrons. The SMILES string of the molecule is CNC.Cc1c(OCc2ccc(C#N)cc2)ccc2c(CCC3CCN(CC4(CO[Si](c5ccccc5)(c5ccccc5)C(C)(C)C)CCCC4)CC3)noc12. The van der Waals surface area contributed by atoms with Crippen molar-refractivity contribution in [3.63, 3.8) is 0 Å². The molecule has 1 aromatic heterocycles. The molecule has 1 aliphatic carbocycles. The minimum Gasteiger partial charge on any atom is -0.488 e. The van der Waals surface area contributed by atoms with E-state index in [-0.39, 0.29) is 10.5 Å². The number of hydrogen-bond acceptors (Lipinski definition) is 7. The largest absolute Gasteiger partial charge is 0.488 e. The van der Waals surface area contributed by atoms with Gasteiger partial charge in [0.05, 0.1) is 17.3 Å². The fraction of sp³-hybridized carbons (Fsp3) is 0.458. The maximum atomic E-state index is 9.06. The van der Waals surface area contributed by atoms with Crippen molar-refractivity contribution >= 4 is 29.7 Å². The number of rotatable bonds is 13. The molecule has 0 atom stereocenters. The third-order valence-corrected chi connectivity index (χ3v) is 17.1. The van der Waals surface area contributed by atoms with Crippen LogP contribution in [-0.2, 0) is 17.5 Å². The molecule has 0 bridgehead atoms. The van der Waals surface area contributed by atoms with Gasteiger partial charge in [-0.05, 0) is 124 Å². The van der Waals surface area contributed by atoms with E-state index in [0.717, 1.165) is 72.6 Å². The maximum absolute atomic E-state index is 9.06. The van der Waals surface area contributed by atoms with Crippen molar-refractivity contribution in [3.8, 4) is 11.8 Å². The van der Waals surface area contributed by atoms with E-state index >= 15 is 0 Å². The van der Waals surface area contributed by atoms with Gasteiger partial charge in [0.2, 0.25) is 0 Å². The summed E-state index contributed by atoms with van der Waals surface area (Å²) in [5.41, 5.74) is 4.72.